The summed E-state index contributed by atoms with van der Waals surface area (Å²) in [6.07, 6.45) is 0.935. The van der Waals surface area contributed by atoms with Crippen molar-refractivity contribution in [1.82, 2.24) is 10.6 Å². The summed E-state index contributed by atoms with van der Waals surface area (Å²) in [7, 11) is 0. The monoisotopic (exact) mass is 389 g/mol. The van der Waals surface area contributed by atoms with Crippen LogP contribution in [0, 0.1) is 0 Å². The Morgan fingerprint density at radius 1 is 0.857 bits per heavy atom. The van der Waals surface area contributed by atoms with Gasteiger partial charge in [-0.1, -0.05) is 12.1 Å². The Labute approximate surface area is 161 Å². The smallest absolute Gasteiger partial charge is 0.256 e. The van der Waals surface area contributed by atoms with Crippen molar-refractivity contribution < 1.29 is 30.0 Å². The summed E-state index contributed by atoms with van der Waals surface area (Å²) in [5.74, 6) is -2.86. The molecule has 1 atom stereocenters. The van der Waals surface area contributed by atoms with Gasteiger partial charge in [0.05, 0.1) is 17.3 Å². The first kappa shape index (κ1) is 20.8. The molecule has 0 saturated heterocycles. The van der Waals surface area contributed by atoms with Gasteiger partial charge in [0.1, 0.15) is 0 Å². The number of nitrogens with two attached hydrogens (primary N) is 1. The predicted molar refractivity (Wildman–Crippen MR) is 101 cm³/mol. The van der Waals surface area contributed by atoms with E-state index in [4.69, 9.17) is 5.73 Å². The number of carbonyl (C=O) groups excluding carboxylic acids is 2. The van der Waals surface area contributed by atoms with Gasteiger partial charge in [-0.25, -0.2) is 0 Å². The largest absolute Gasteiger partial charge is 0.504 e. The molecule has 9 heteroatoms. The van der Waals surface area contributed by atoms with Crippen LogP contribution in [0.25, 0.3) is 0 Å². The molecular weight excluding hydrogens is 366 g/mol. The zero-order valence-corrected chi connectivity index (χ0v) is 15.1. The molecular formula is C19H23N3O6. The second-order valence-electron chi connectivity index (χ2n) is 6.18. The van der Waals surface area contributed by atoms with E-state index in [1.165, 1.54) is 36.4 Å². The Kier molecular flexibility index (Phi) is 7.05. The van der Waals surface area contributed by atoms with E-state index in [2.05, 4.69) is 10.6 Å². The van der Waals surface area contributed by atoms with E-state index in [1.54, 1.807) is 0 Å². The molecule has 0 fully saturated rings. The van der Waals surface area contributed by atoms with Crippen molar-refractivity contribution in [3.05, 3.63) is 47.5 Å². The Balaban J connectivity index is 1.72. The number of hydrogen-bond donors (Lipinski definition) is 7. The number of benzene rings is 2. The quantitative estimate of drug-likeness (QED) is 0.202. The Bertz CT molecular complexity index is 856. The normalized spacial score (nSPS) is 11.6. The molecule has 0 bridgehead atoms. The summed E-state index contributed by atoms with van der Waals surface area (Å²) in [6, 6.07) is 8.18. The van der Waals surface area contributed by atoms with Crippen LogP contribution in [0.2, 0.25) is 0 Å². The molecule has 0 unspecified atom stereocenters. The van der Waals surface area contributed by atoms with Crippen LogP contribution < -0.4 is 16.4 Å². The maximum absolute atomic E-state index is 12.1. The Morgan fingerprint density at radius 2 is 1.39 bits per heavy atom. The van der Waals surface area contributed by atoms with Crippen LogP contribution in [0.4, 0.5) is 0 Å². The summed E-state index contributed by atoms with van der Waals surface area (Å²) in [4.78, 5) is 24.0. The minimum atomic E-state index is -0.667. The SMILES string of the molecule is N[C@H](CCCCNC(=O)c1cccc(O)c1O)NC(=O)c1cccc(O)c1O. The van der Waals surface area contributed by atoms with Crippen LogP contribution in [0.1, 0.15) is 40.0 Å². The van der Waals surface area contributed by atoms with Gasteiger partial charge in [0.25, 0.3) is 11.8 Å². The first-order chi connectivity index (χ1) is 13.3. The van der Waals surface area contributed by atoms with E-state index in [0.29, 0.717) is 25.8 Å². The topological polar surface area (TPSA) is 165 Å². The first-order valence-corrected chi connectivity index (χ1v) is 8.67. The maximum Gasteiger partial charge on any atom is 0.256 e. The molecule has 2 aromatic carbocycles. The van der Waals surface area contributed by atoms with E-state index in [9.17, 15) is 30.0 Å². The van der Waals surface area contributed by atoms with Crippen molar-refractivity contribution in [3.8, 4) is 23.0 Å². The number of phenols is 4. The zero-order chi connectivity index (χ0) is 20.7. The van der Waals surface area contributed by atoms with Crippen LogP contribution in [-0.4, -0.2) is 45.0 Å². The van der Waals surface area contributed by atoms with Crippen LogP contribution in [0.3, 0.4) is 0 Å². The lowest BCUT2D eigenvalue weighted by Crippen LogP contribution is -2.41. The first-order valence-electron chi connectivity index (χ1n) is 8.67. The number of carbonyl (C=O) groups is 2. The highest BCUT2D eigenvalue weighted by Gasteiger charge is 2.16. The fourth-order valence-corrected chi connectivity index (χ4v) is 2.53. The van der Waals surface area contributed by atoms with E-state index >= 15 is 0 Å². The lowest BCUT2D eigenvalue weighted by Gasteiger charge is -2.15. The van der Waals surface area contributed by atoms with Crippen LogP contribution in [-0.2, 0) is 0 Å². The van der Waals surface area contributed by atoms with E-state index in [-0.39, 0.29) is 16.9 Å². The second kappa shape index (κ2) is 9.47. The molecule has 9 nitrogen and oxygen atoms in total. The van der Waals surface area contributed by atoms with Gasteiger partial charge in [-0.15, -0.1) is 0 Å². The zero-order valence-electron chi connectivity index (χ0n) is 15.1. The third kappa shape index (κ3) is 5.27. The lowest BCUT2D eigenvalue weighted by atomic mass is 10.1. The minimum absolute atomic E-state index is 0.0186. The molecule has 2 rings (SSSR count). The van der Waals surface area contributed by atoms with E-state index in [1.807, 2.05) is 0 Å². The molecule has 0 radical (unpaired) electrons. The summed E-state index contributed by atoms with van der Waals surface area (Å²) in [6.45, 7) is 0.321. The van der Waals surface area contributed by atoms with Crippen molar-refractivity contribution in [1.29, 1.82) is 0 Å². The number of para-hydroxylation sites is 2. The molecule has 0 aliphatic rings. The Hall–Kier alpha value is -3.46. The van der Waals surface area contributed by atoms with E-state index < -0.39 is 35.2 Å². The van der Waals surface area contributed by atoms with Gasteiger partial charge < -0.3 is 36.8 Å². The highest BCUT2D eigenvalue weighted by atomic mass is 16.3. The molecule has 0 saturated carbocycles. The molecule has 150 valence electrons. The summed E-state index contributed by atoms with van der Waals surface area (Å²) < 4.78 is 0. The molecule has 0 aliphatic heterocycles. The highest BCUT2D eigenvalue weighted by molar-refractivity contribution is 5.98. The average molecular weight is 389 g/mol. The molecule has 2 aromatic rings. The van der Waals surface area contributed by atoms with Gasteiger partial charge >= 0.3 is 0 Å². The molecule has 2 amide bonds. The number of hydrogen-bond acceptors (Lipinski definition) is 7. The van der Waals surface area contributed by atoms with Gasteiger partial charge in [-0.3, -0.25) is 9.59 Å². The number of phenolic OH excluding ortho intramolecular Hbond substituents is 4. The van der Waals surface area contributed by atoms with E-state index in [0.717, 1.165) is 0 Å². The molecule has 0 aliphatic carbocycles. The van der Waals surface area contributed by atoms with Crippen molar-refractivity contribution in [2.75, 3.05) is 6.54 Å². The fraction of sp³-hybridized carbons (Fsp3) is 0.263. The standard InChI is InChI=1S/C19H23N3O6/c20-15(22-19(28)12-6-4-8-14(24)17(12)26)9-1-2-10-21-18(27)11-5-3-7-13(23)16(11)25/h3-8,15,23-26H,1-2,9-10,20H2,(H,21,27)(H,22,28)/t15-/m0/s1. The van der Waals surface area contributed by atoms with Crippen molar-refractivity contribution in [2.45, 2.75) is 25.4 Å². The number of aromatic hydroxyl groups is 4. The number of unbranched alkanes of at least 4 members (excludes halogenated alkanes) is 1. The molecule has 28 heavy (non-hydrogen) atoms. The maximum atomic E-state index is 12.1. The Morgan fingerprint density at radius 3 is 1.96 bits per heavy atom. The van der Waals surface area contributed by atoms with Crippen molar-refractivity contribution in [3.63, 3.8) is 0 Å². The summed E-state index contributed by atoms with van der Waals surface area (Å²) >= 11 is 0. The second-order valence-corrected chi connectivity index (χ2v) is 6.18. The van der Waals surface area contributed by atoms with Crippen LogP contribution >= 0.6 is 0 Å². The minimum Gasteiger partial charge on any atom is -0.504 e. The van der Waals surface area contributed by atoms with Gasteiger partial charge in [-0.05, 0) is 43.5 Å². The van der Waals surface area contributed by atoms with Crippen LogP contribution in [0.5, 0.6) is 23.0 Å². The van der Waals surface area contributed by atoms with Crippen LogP contribution in [0.15, 0.2) is 36.4 Å². The number of nitrogens with one attached hydrogen (secondary N) is 2. The van der Waals surface area contributed by atoms with Gasteiger partial charge in [-0.2, -0.15) is 0 Å². The third-order valence-corrected chi connectivity index (χ3v) is 4.06. The molecule has 0 spiro atoms. The fourth-order valence-electron chi connectivity index (χ4n) is 2.53. The molecule has 0 heterocycles. The van der Waals surface area contributed by atoms with Gasteiger partial charge in [0.15, 0.2) is 23.0 Å². The summed E-state index contributed by atoms with van der Waals surface area (Å²) in [5, 5.41) is 43.3. The highest BCUT2D eigenvalue weighted by Crippen LogP contribution is 2.28. The molecule has 8 N–H and O–H groups in total. The summed E-state index contributed by atoms with van der Waals surface area (Å²) in [5.41, 5.74) is 5.75. The number of amides is 2. The van der Waals surface area contributed by atoms with Gasteiger partial charge in [0, 0.05) is 6.54 Å². The predicted octanol–water partition coefficient (Wildman–Crippen LogP) is 1.12. The average Bonchev–Trinajstić information content (AvgIpc) is 2.65. The third-order valence-electron chi connectivity index (χ3n) is 4.06. The van der Waals surface area contributed by atoms with Crippen molar-refractivity contribution >= 4 is 11.8 Å². The number of rotatable bonds is 8. The van der Waals surface area contributed by atoms with Crippen molar-refractivity contribution in [2.24, 2.45) is 5.73 Å². The van der Waals surface area contributed by atoms with Gasteiger partial charge in [0.2, 0.25) is 0 Å². The molecule has 0 aromatic heterocycles. The lowest BCUT2D eigenvalue weighted by molar-refractivity contribution is 0.0931.